The number of rotatable bonds is 6. The Hall–Kier alpha value is -1.68. The zero-order valence-electron chi connectivity index (χ0n) is 10.7. The molecule has 0 amide bonds. The van der Waals surface area contributed by atoms with Crippen molar-refractivity contribution in [3.8, 4) is 11.8 Å². The fourth-order valence-electron chi connectivity index (χ4n) is 1.67. The van der Waals surface area contributed by atoms with Crippen LogP contribution >= 0.6 is 15.9 Å². The number of halogens is 3. The molecule has 1 aromatic rings. The van der Waals surface area contributed by atoms with Crippen LogP contribution in [0.15, 0.2) is 12.1 Å². The fraction of sp³-hybridized carbons (Fsp3) is 0.385. The summed E-state index contributed by atoms with van der Waals surface area (Å²) in [4.78, 5) is 11.5. The molecule has 0 atom stereocenters. The number of esters is 1. The van der Waals surface area contributed by atoms with Crippen molar-refractivity contribution in [2.75, 3.05) is 6.61 Å². The van der Waals surface area contributed by atoms with E-state index in [0.717, 1.165) is 0 Å². The monoisotopic (exact) mass is 347 g/mol. The summed E-state index contributed by atoms with van der Waals surface area (Å²) in [5, 5.41) is 9.53. The number of benzene rings is 1. The molecule has 108 valence electrons. The number of nitrogens with zero attached hydrogens (tertiary/aromatic N) is 1. The van der Waals surface area contributed by atoms with Crippen LogP contribution in [0.3, 0.4) is 0 Å². The van der Waals surface area contributed by atoms with E-state index in [4.69, 9.17) is 10.00 Å². The summed E-state index contributed by atoms with van der Waals surface area (Å²) in [5.74, 6) is -0.788. The van der Waals surface area contributed by atoms with Crippen LogP contribution < -0.4 is 4.74 Å². The van der Waals surface area contributed by atoms with E-state index in [2.05, 4.69) is 20.7 Å². The molecule has 0 fully saturated rings. The van der Waals surface area contributed by atoms with Gasteiger partial charge in [0.2, 0.25) is 0 Å². The summed E-state index contributed by atoms with van der Waals surface area (Å²) in [5.41, 5.74) is 0.852. The summed E-state index contributed by atoms with van der Waals surface area (Å²) in [6.07, 6.45) is -0.292. The summed E-state index contributed by atoms with van der Waals surface area (Å²) in [6.45, 7) is -1.23. The third-order valence-electron chi connectivity index (χ3n) is 2.45. The molecule has 1 aromatic carbocycles. The number of hydrogen-bond donors (Lipinski definition) is 0. The van der Waals surface area contributed by atoms with Crippen molar-refractivity contribution in [3.63, 3.8) is 0 Å². The molecule has 0 bridgehead atoms. The first-order valence-electron chi connectivity index (χ1n) is 5.74. The van der Waals surface area contributed by atoms with Gasteiger partial charge >= 0.3 is 12.6 Å². The van der Waals surface area contributed by atoms with Gasteiger partial charge in [-0.15, -0.1) is 0 Å². The SMILES string of the molecule is CCOC(=O)Cc1c(OC(F)F)ccc(CBr)c1C#N. The van der Waals surface area contributed by atoms with Crippen LogP contribution in [0.25, 0.3) is 0 Å². The number of nitriles is 1. The third-order valence-corrected chi connectivity index (χ3v) is 3.06. The molecule has 0 saturated heterocycles. The van der Waals surface area contributed by atoms with E-state index in [1.807, 2.05) is 6.07 Å². The Morgan fingerprint density at radius 2 is 2.20 bits per heavy atom. The highest BCUT2D eigenvalue weighted by molar-refractivity contribution is 9.08. The van der Waals surface area contributed by atoms with E-state index in [-0.39, 0.29) is 29.9 Å². The lowest BCUT2D eigenvalue weighted by molar-refractivity contribution is -0.142. The third kappa shape index (κ3) is 4.17. The summed E-state index contributed by atoms with van der Waals surface area (Å²) < 4.78 is 33.9. The second kappa shape index (κ2) is 7.80. The Morgan fingerprint density at radius 1 is 1.50 bits per heavy atom. The maximum atomic E-state index is 12.4. The van der Waals surface area contributed by atoms with Gasteiger partial charge in [0.25, 0.3) is 0 Å². The molecule has 0 heterocycles. The normalized spacial score (nSPS) is 10.2. The molecular weight excluding hydrogens is 336 g/mol. The van der Waals surface area contributed by atoms with Crippen molar-refractivity contribution in [3.05, 3.63) is 28.8 Å². The minimum absolute atomic E-state index is 0.114. The van der Waals surface area contributed by atoms with E-state index in [9.17, 15) is 13.6 Å². The molecule has 0 aliphatic rings. The molecule has 1 rings (SSSR count). The van der Waals surface area contributed by atoms with Crippen molar-refractivity contribution in [1.29, 1.82) is 5.26 Å². The Balaban J connectivity index is 3.25. The van der Waals surface area contributed by atoms with Gasteiger partial charge in [0.15, 0.2) is 0 Å². The highest BCUT2D eigenvalue weighted by atomic mass is 79.9. The Kier molecular flexibility index (Phi) is 6.39. The molecule has 0 aliphatic carbocycles. The first kappa shape index (κ1) is 16.4. The van der Waals surface area contributed by atoms with Crippen molar-refractivity contribution < 1.29 is 23.0 Å². The van der Waals surface area contributed by atoms with E-state index in [1.54, 1.807) is 6.92 Å². The predicted molar refractivity (Wildman–Crippen MR) is 70.8 cm³/mol. The average Bonchev–Trinajstić information content (AvgIpc) is 2.40. The summed E-state index contributed by atoms with van der Waals surface area (Å²) in [6, 6.07) is 4.73. The first-order valence-corrected chi connectivity index (χ1v) is 6.86. The van der Waals surface area contributed by atoms with Crippen molar-refractivity contribution in [1.82, 2.24) is 0 Å². The molecule has 0 spiro atoms. The fourth-order valence-corrected chi connectivity index (χ4v) is 2.13. The Morgan fingerprint density at radius 3 is 2.70 bits per heavy atom. The van der Waals surface area contributed by atoms with Crippen LogP contribution in [-0.2, 0) is 21.3 Å². The van der Waals surface area contributed by atoms with Crippen LogP contribution in [0.1, 0.15) is 23.6 Å². The van der Waals surface area contributed by atoms with Crippen LogP contribution in [-0.4, -0.2) is 19.2 Å². The number of ether oxygens (including phenoxy) is 2. The molecule has 0 N–H and O–H groups in total. The highest BCUT2D eigenvalue weighted by Gasteiger charge is 2.19. The molecule has 0 radical (unpaired) electrons. The van der Waals surface area contributed by atoms with Gasteiger partial charge in [-0.25, -0.2) is 0 Å². The lowest BCUT2D eigenvalue weighted by Gasteiger charge is -2.14. The van der Waals surface area contributed by atoms with Crippen LogP contribution in [0.2, 0.25) is 0 Å². The molecule has 0 saturated carbocycles. The van der Waals surface area contributed by atoms with Gasteiger partial charge in [-0.1, -0.05) is 22.0 Å². The van der Waals surface area contributed by atoms with E-state index >= 15 is 0 Å². The van der Waals surface area contributed by atoms with Crippen LogP contribution in [0.4, 0.5) is 8.78 Å². The lowest BCUT2D eigenvalue weighted by Crippen LogP contribution is -2.13. The molecule has 4 nitrogen and oxygen atoms in total. The van der Waals surface area contributed by atoms with Gasteiger partial charge in [-0.3, -0.25) is 4.79 Å². The van der Waals surface area contributed by atoms with Gasteiger partial charge in [0.1, 0.15) is 5.75 Å². The standard InChI is InChI=1S/C13H12BrF2NO3/c1-2-19-12(18)5-9-10(7-17)8(6-14)3-4-11(9)20-13(15)16/h3-4,13H,2,5-6H2,1H3. The molecule has 0 unspecified atom stereocenters. The number of carbonyl (C=O) groups excluding carboxylic acids is 1. The number of carbonyl (C=O) groups is 1. The topological polar surface area (TPSA) is 59.3 Å². The molecule has 0 aliphatic heterocycles. The maximum absolute atomic E-state index is 12.4. The molecular formula is C13H12BrF2NO3. The minimum atomic E-state index is -3.03. The Labute approximate surface area is 123 Å². The second-order valence-electron chi connectivity index (χ2n) is 3.68. The minimum Gasteiger partial charge on any atom is -0.466 e. The van der Waals surface area contributed by atoms with Gasteiger partial charge in [0, 0.05) is 10.9 Å². The zero-order chi connectivity index (χ0) is 15.1. The number of alkyl halides is 3. The number of hydrogen-bond acceptors (Lipinski definition) is 4. The summed E-state index contributed by atoms with van der Waals surface area (Å²) in [7, 11) is 0. The second-order valence-corrected chi connectivity index (χ2v) is 4.24. The predicted octanol–water partition coefficient (Wildman–Crippen LogP) is 3.16. The zero-order valence-corrected chi connectivity index (χ0v) is 12.2. The van der Waals surface area contributed by atoms with Crippen LogP contribution in [0, 0.1) is 11.3 Å². The van der Waals surface area contributed by atoms with Gasteiger partial charge < -0.3 is 9.47 Å². The quantitative estimate of drug-likeness (QED) is 0.585. The largest absolute Gasteiger partial charge is 0.466 e. The maximum Gasteiger partial charge on any atom is 0.387 e. The molecule has 0 aromatic heterocycles. The lowest BCUT2D eigenvalue weighted by atomic mass is 9.99. The van der Waals surface area contributed by atoms with Crippen molar-refractivity contribution in [2.45, 2.75) is 25.3 Å². The molecule has 20 heavy (non-hydrogen) atoms. The van der Waals surface area contributed by atoms with Crippen molar-refractivity contribution >= 4 is 21.9 Å². The van der Waals surface area contributed by atoms with Gasteiger partial charge in [-0.05, 0) is 18.6 Å². The Bertz CT molecular complexity index is 529. The highest BCUT2D eigenvalue weighted by Crippen LogP contribution is 2.28. The van der Waals surface area contributed by atoms with Crippen molar-refractivity contribution in [2.24, 2.45) is 0 Å². The van der Waals surface area contributed by atoms with Gasteiger partial charge in [-0.2, -0.15) is 14.0 Å². The van der Waals surface area contributed by atoms with E-state index in [0.29, 0.717) is 10.9 Å². The molecule has 7 heteroatoms. The smallest absolute Gasteiger partial charge is 0.387 e. The van der Waals surface area contributed by atoms with Crippen LogP contribution in [0.5, 0.6) is 5.75 Å². The summed E-state index contributed by atoms with van der Waals surface area (Å²) >= 11 is 3.20. The van der Waals surface area contributed by atoms with Gasteiger partial charge in [0.05, 0.1) is 24.7 Å². The van der Waals surface area contributed by atoms with E-state index in [1.165, 1.54) is 12.1 Å². The van der Waals surface area contributed by atoms with E-state index < -0.39 is 12.6 Å². The first-order chi connectivity index (χ1) is 9.53. The average molecular weight is 348 g/mol.